The van der Waals surface area contributed by atoms with E-state index in [2.05, 4.69) is 10.6 Å². The molecule has 16 heavy (non-hydrogen) atoms. The second-order valence-corrected chi connectivity index (χ2v) is 4.56. The van der Waals surface area contributed by atoms with Gasteiger partial charge in [0.25, 0.3) is 5.91 Å². The van der Waals surface area contributed by atoms with Gasteiger partial charge in [-0.3, -0.25) is 4.79 Å². The Morgan fingerprint density at radius 1 is 1.38 bits per heavy atom. The van der Waals surface area contributed by atoms with Gasteiger partial charge in [0, 0.05) is 29.5 Å². The van der Waals surface area contributed by atoms with Crippen LogP contribution in [0.3, 0.4) is 0 Å². The van der Waals surface area contributed by atoms with Crippen molar-refractivity contribution in [3.05, 3.63) is 34.9 Å². The molecule has 1 heterocycles. The van der Waals surface area contributed by atoms with Gasteiger partial charge >= 0.3 is 0 Å². The fourth-order valence-electron chi connectivity index (χ4n) is 1.97. The summed E-state index contributed by atoms with van der Waals surface area (Å²) in [4.78, 5) is 11.9. The lowest BCUT2D eigenvalue weighted by Gasteiger charge is -2.21. The molecular formula is C12H16ClN2O+. The number of quaternary nitrogens is 1. The summed E-state index contributed by atoms with van der Waals surface area (Å²) >= 11 is 5.85. The van der Waals surface area contributed by atoms with E-state index < -0.39 is 0 Å². The lowest BCUT2D eigenvalue weighted by Crippen LogP contribution is -2.87. The first-order chi connectivity index (χ1) is 7.75. The summed E-state index contributed by atoms with van der Waals surface area (Å²) in [5.41, 5.74) is 0.641. The number of amides is 1. The molecule has 4 heteroatoms. The Morgan fingerprint density at radius 2 is 2.12 bits per heavy atom. The second-order valence-electron chi connectivity index (χ2n) is 4.12. The van der Waals surface area contributed by atoms with Crippen LogP contribution in [0.1, 0.15) is 23.2 Å². The molecule has 86 valence electrons. The minimum Gasteiger partial charge on any atom is -0.349 e. The van der Waals surface area contributed by atoms with E-state index in [1.165, 1.54) is 0 Å². The molecule has 0 bridgehead atoms. The Hall–Kier alpha value is -1.06. The summed E-state index contributed by atoms with van der Waals surface area (Å²) in [6.07, 6.45) is 2.10. The number of hydrogen-bond acceptors (Lipinski definition) is 1. The Kier molecular flexibility index (Phi) is 3.80. The number of carbonyl (C=O) groups excluding carboxylic acids is 1. The summed E-state index contributed by atoms with van der Waals surface area (Å²) in [7, 11) is 0. The molecule has 0 atom stereocenters. The van der Waals surface area contributed by atoms with Crippen molar-refractivity contribution in [2.45, 2.75) is 18.9 Å². The first-order valence-corrected chi connectivity index (χ1v) is 6.01. The van der Waals surface area contributed by atoms with Crippen LogP contribution < -0.4 is 10.6 Å². The summed E-state index contributed by atoms with van der Waals surface area (Å²) in [5, 5.41) is 5.93. The van der Waals surface area contributed by atoms with Gasteiger partial charge in [-0.25, -0.2) is 0 Å². The summed E-state index contributed by atoms with van der Waals surface area (Å²) in [6, 6.07) is 7.37. The van der Waals surface area contributed by atoms with Crippen molar-refractivity contribution in [2.24, 2.45) is 0 Å². The van der Waals surface area contributed by atoms with Crippen LogP contribution in [0.15, 0.2) is 24.3 Å². The number of piperidine rings is 1. The highest BCUT2D eigenvalue weighted by atomic mass is 35.5. The van der Waals surface area contributed by atoms with Gasteiger partial charge < -0.3 is 10.6 Å². The Bertz CT molecular complexity index is 375. The van der Waals surface area contributed by atoms with Crippen LogP contribution in [0.25, 0.3) is 0 Å². The van der Waals surface area contributed by atoms with Gasteiger partial charge in [-0.05, 0) is 18.2 Å². The molecule has 0 saturated carbocycles. The van der Waals surface area contributed by atoms with Gasteiger partial charge in [0.2, 0.25) is 0 Å². The highest BCUT2D eigenvalue weighted by Gasteiger charge is 2.18. The number of hydrogen-bond donors (Lipinski definition) is 2. The van der Waals surface area contributed by atoms with Crippen molar-refractivity contribution >= 4 is 17.5 Å². The topological polar surface area (TPSA) is 45.7 Å². The molecule has 3 N–H and O–H groups in total. The summed E-state index contributed by atoms with van der Waals surface area (Å²) < 4.78 is 0. The molecule has 1 aromatic carbocycles. The molecule has 1 amide bonds. The van der Waals surface area contributed by atoms with Gasteiger partial charge in [0.15, 0.2) is 0 Å². The zero-order valence-electron chi connectivity index (χ0n) is 9.08. The molecule has 0 spiro atoms. The third-order valence-corrected chi connectivity index (χ3v) is 3.10. The Balaban J connectivity index is 1.97. The van der Waals surface area contributed by atoms with Gasteiger partial charge in [-0.1, -0.05) is 17.7 Å². The molecule has 1 aliphatic rings. The van der Waals surface area contributed by atoms with Gasteiger partial charge in [-0.2, -0.15) is 0 Å². The molecule has 0 aromatic heterocycles. The lowest BCUT2D eigenvalue weighted by molar-refractivity contribution is -0.663. The molecular weight excluding hydrogens is 224 g/mol. The number of nitrogens with two attached hydrogens (primary N) is 1. The van der Waals surface area contributed by atoms with Crippen LogP contribution in [0.2, 0.25) is 5.02 Å². The quantitative estimate of drug-likeness (QED) is 0.788. The molecule has 3 nitrogen and oxygen atoms in total. The minimum absolute atomic E-state index is 0.0191. The van der Waals surface area contributed by atoms with Crippen LogP contribution in [0.4, 0.5) is 0 Å². The van der Waals surface area contributed by atoms with Crippen molar-refractivity contribution in [1.29, 1.82) is 0 Å². The number of rotatable bonds is 2. The summed E-state index contributed by atoms with van der Waals surface area (Å²) in [6.45, 7) is 2.20. The Labute approximate surface area is 100 Å². The van der Waals surface area contributed by atoms with Crippen LogP contribution in [-0.2, 0) is 0 Å². The maximum Gasteiger partial charge on any atom is 0.251 e. The second kappa shape index (κ2) is 5.32. The standard InChI is InChI=1S/C12H15ClN2O/c13-10-3-1-2-9(8-10)12(16)15-11-4-6-14-7-5-11/h1-3,8,11,14H,4-7H2,(H,15,16)/p+1. The molecule has 0 unspecified atom stereocenters. The van der Waals surface area contributed by atoms with Gasteiger partial charge in [0.05, 0.1) is 13.1 Å². The molecule has 0 aliphatic carbocycles. The van der Waals surface area contributed by atoms with E-state index in [4.69, 9.17) is 11.6 Å². The minimum atomic E-state index is -0.0191. The first-order valence-electron chi connectivity index (χ1n) is 5.64. The average molecular weight is 240 g/mol. The number of halogens is 1. The predicted molar refractivity (Wildman–Crippen MR) is 63.6 cm³/mol. The van der Waals surface area contributed by atoms with E-state index in [-0.39, 0.29) is 5.91 Å². The molecule has 1 saturated heterocycles. The molecule has 1 aliphatic heterocycles. The fraction of sp³-hybridized carbons (Fsp3) is 0.417. The van der Waals surface area contributed by atoms with Crippen LogP contribution in [0, 0.1) is 0 Å². The lowest BCUT2D eigenvalue weighted by atomic mass is 10.1. The third-order valence-electron chi connectivity index (χ3n) is 2.86. The number of carbonyl (C=O) groups is 1. The van der Waals surface area contributed by atoms with E-state index in [0.717, 1.165) is 25.9 Å². The van der Waals surface area contributed by atoms with Crippen molar-refractivity contribution in [3.8, 4) is 0 Å². The van der Waals surface area contributed by atoms with Crippen molar-refractivity contribution in [3.63, 3.8) is 0 Å². The average Bonchev–Trinajstić information content (AvgIpc) is 2.30. The van der Waals surface area contributed by atoms with Crippen LogP contribution in [0.5, 0.6) is 0 Å². The predicted octanol–water partition coefficient (Wildman–Crippen LogP) is 0.796. The normalized spacial score (nSPS) is 17.1. The monoisotopic (exact) mass is 239 g/mol. The maximum absolute atomic E-state index is 11.9. The van der Waals surface area contributed by atoms with Gasteiger partial charge in [0.1, 0.15) is 0 Å². The van der Waals surface area contributed by atoms with E-state index in [1.807, 2.05) is 0 Å². The first kappa shape index (κ1) is 11.4. The highest BCUT2D eigenvalue weighted by Crippen LogP contribution is 2.11. The van der Waals surface area contributed by atoms with E-state index in [1.54, 1.807) is 24.3 Å². The van der Waals surface area contributed by atoms with E-state index >= 15 is 0 Å². The molecule has 2 rings (SSSR count). The van der Waals surface area contributed by atoms with Gasteiger partial charge in [-0.15, -0.1) is 0 Å². The molecule has 0 radical (unpaired) electrons. The van der Waals surface area contributed by atoms with Crippen molar-refractivity contribution in [2.75, 3.05) is 13.1 Å². The maximum atomic E-state index is 11.9. The van der Waals surface area contributed by atoms with Crippen LogP contribution >= 0.6 is 11.6 Å². The highest BCUT2D eigenvalue weighted by molar-refractivity contribution is 6.30. The Morgan fingerprint density at radius 3 is 2.81 bits per heavy atom. The smallest absolute Gasteiger partial charge is 0.251 e. The van der Waals surface area contributed by atoms with E-state index in [0.29, 0.717) is 16.6 Å². The SMILES string of the molecule is O=C(NC1CC[NH2+]CC1)c1cccc(Cl)c1. The zero-order valence-corrected chi connectivity index (χ0v) is 9.83. The molecule has 1 fully saturated rings. The largest absolute Gasteiger partial charge is 0.349 e. The number of benzene rings is 1. The van der Waals surface area contributed by atoms with Crippen LogP contribution in [-0.4, -0.2) is 25.0 Å². The van der Waals surface area contributed by atoms with E-state index in [9.17, 15) is 4.79 Å². The van der Waals surface area contributed by atoms with Crippen molar-refractivity contribution in [1.82, 2.24) is 5.32 Å². The fourth-order valence-corrected chi connectivity index (χ4v) is 2.16. The third kappa shape index (κ3) is 2.97. The van der Waals surface area contributed by atoms with Crippen molar-refractivity contribution < 1.29 is 10.1 Å². The molecule has 1 aromatic rings. The summed E-state index contributed by atoms with van der Waals surface area (Å²) in [5.74, 6) is -0.0191. The zero-order chi connectivity index (χ0) is 11.4. The number of nitrogens with one attached hydrogen (secondary N) is 1.